The molecule has 2 N–H and O–H groups in total. The SMILES string of the molecule is CC(=O)Nc1cccc(NC(=O)C(=O)N2CCN(Cc3ccc4c(c3)OCO4)CC2)c1. The molecule has 2 heterocycles. The van der Waals surface area contributed by atoms with E-state index in [1.807, 2.05) is 18.2 Å². The van der Waals surface area contributed by atoms with Crippen molar-refractivity contribution in [3.05, 3.63) is 48.0 Å². The van der Waals surface area contributed by atoms with E-state index in [1.165, 1.54) is 6.92 Å². The largest absolute Gasteiger partial charge is 0.454 e. The van der Waals surface area contributed by atoms with Gasteiger partial charge in [-0.05, 0) is 35.9 Å². The minimum absolute atomic E-state index is 0.210. The number of fused-ring (bicyclic) bond motifs is 1. The van der Waals surface area contributed by atoms with Crippen molar-refractivity contribution in [3.8, 4) is 11.5 Å². The summed E-state index contributed by atoms with van der Waals surface area (Å²) >= 11 is 0. The molecular formula is C22H24N4O5. The van der Waals surface area contributed by atoms with E-state index in [2.05, 4.69) is 15.5 Å². The molecule has 0 aromatic heterocycles. The number of ether oxygens (including phenoxy) is 2. The van der Waals surface area contributed by atoms with Crippen LogP contribution in [0.5, 0.6) is 11.5 Å². The van der Waals surface area contributed by atoms with Crippen LogP contribution in [0, 0.1) is 0 Å². The van der Waals surface area contributed by atoms with Gasteiger partial charge in [0, 0.05) is 51.0 Å². The number of amides is 3. The summed E-state index contributed by atoms with van der Waals surface area (Å²) in [5.74, 6) is 0.0494. The maximum absolute atomic E-state index is 12.6. The average Bonchev–Trinajstić information content (AvgIpc) is 3.21. The Hall–Kier alpha value is -3.59. The van der Waals surface area contributed by atoms with Crippen LogP contribution >= 0.6 is 0 Å². The van der Waals surface area contributed by atoms with Gasteiger partial charge in [0.15, 0.2) is 11.5 Å². The zero-order valence-electron chi connectivity index (χ0n) is 17.2. The van der Waals surface area contributed by atoms with Crippen molar-refractivity contribution in [2.24, 2.45) is 0 Å². The van der Waals surface area contributed by atoms with E-state index in [9.17, 15) is 14.4 Å². The van der Waals surface area contributed by atoms with Gasteiger partial charge >= 0.3 is 11.8 Å². The molecule has 1 fully saturated rings. The minimum Gasteiger partial charge on any atom is -0.454 e. The Balaban J connectivity index is 1.28. The van der Waals surface area contributed by atoms with Gasteiger partial charge in [0.1, 0.15) is 0 Å². The summed E-state index contributed by atoms with van der Waals surface area (Å²) in [6.07, 6.45) is 0. The van der Waals surface area contributed by atoms with E-state index in [0.717, 1.165) is 23.6 Å². The quantitative estimate of drug-likeness (QED) is 0.724. The fourth-order valence-corrected chi connectivity index (χ4v) is 3.61. The summed E-state index contributed by atoms with van der Waals surface area (Å²) in [4.78, 5) is 39.9. The van der Waals surface area contributed by atoms with Crippen molar-refractivity contribution in [2.75, 3.05) is 43.6 Å². The summed E-state index contributed by atoms with van der Waals surface area (Å²) in [7, 11) is 0. The molecule has 0 saturated carbocycles. The second-order valence-electron chi connectivity index (χ2n) is 7.47. The van der Waals surface area contributed by atoms with Crippen LogP contribution in [0.15, 0.2) is 42.5 Å². The number of carbonyl (C=O) groups excluding carboxylic acids is 3. The first-order valence-electron chi connectivity index (χ1n) is 10.1. The number of piperazine rings is 1. The number of benzene rings is 2. The Morgan fingerprint density at radius 2 is 1.61 bits per heavy atom. The summed E-state index contributed by atoms with van der Waals surface area (Å²) in [6, 6.07) is 12.6. The number of nitrogens with zero attached hydrogens (tertiary/aromatic N) is 2. The first-order chi connectivity index (χ1) is 15.0. The van der Waals surface area contributed by atoms with E-state index in [1.54, 1.807) is 29.2 Å². The molecule has 2 aliphatic rings. The van der Waals surface area contributed by atoms with Crippen LogP contribution in [0.3, 0.4) is 0 Å². The van der Waals surface area contributed by atoms with Gasteiger partial charge in [0.05, 0.1) is 0 Å². The Bertz CT molecular complexity index is 1000. The third-order valence-corrected chi connectivity index (χ3v) is 5.14. The van der Waals surface area contributed by atoms with E-state index in [-0.39, 0.29) is 12.7 Å². The van der Waals surface area contributed by atoms with Crippen LogP contribution in [0.4, 0.5) is 11.4 Å². The Labute approximate surface area is 179 Å². The first-order valence-corrected chi connectivity index (χ1v) is 10.1. The van der Waals surface area contributed by atoms with Gasteiger partial charge in [-0.25, -0.2) is 0 Å². The van der Waals surface area contributed by atoms with Crippen molar-refractivity contribution in [1.29, 1.82) is 0 Å². The summed E-state index contributed by atoms with van der Waals surface area (Å²) in [5.41, 5.74) is 2.11. The number of hydrogen-bond donors (Lipinski definition) is 2. The molecule has 2 aromatic rings. The highest BCUT2D eigenvalue weighted by Crippen LogP contribution is 2.32. The second-order valence-corrected chi connectivity index (χ2v) is 7.47. The van der Waals surface area contributed by atoms with E-state index < -0.39 is 11.8 Å². The van der Waals surface area contributed by atoms with Crippen LogP contribution in [-0.4, -0.2) is 60.5 Å². The predicted molar refractivity (Wildman–Crippen MR) is 114 cm³/mol. The topological polar surface area (TPSA) is 100 Å². The third kappa shape index (κ3) is 5.13. The lowest BCUT2D eigenvalue weighted by Gasteiger charge is -2.34. The molecule has 0 unspecified atom stereocenters. The Morgan fingerprint density at radius 3 is 2.35 bits per heavy atom. The zero-order chi connectivity index (χ0) is 21.8. The molecule has 0 atom stereocenters. The molecule has 9 nitrogen and oxygen atoms in total. The van der Waals surface area contributed by atoms with Crippen LogP contribution in [0.1, 0.15) is 12.5 Å². The molecule has 9 heteroatoms. The lowest BCUT2D eigenvalue weighted by Crippen LogP contribution is -2.51. The maximum Gasteiger partial charge on any atom is 0.313 e. The smallest absolute Gasteiger partial charge is 0.313 e. The summed E-state index contributed by atoms with van der Waals surface area (Å²) in [5, 5.41) is 5.25. The molecule has 3 amide bonds. The molecule has 2 aromatic carbocycles. The average molecular weight is 424 g/mol. The van der Waals surface area contributed by atoms with Gasteiger partial charge in [0.25, 0.3) is 0 Å². The fourth-order valence-electron chi connectivity index (χ4n) is 3.61. The van der Waals surface area contributed by atoms with Gasteiger partial charge in [-0.1, -0.05) is 12.1 Å². The van der Waals surface area contributed by atoms with Gasteiger partial charge in [-0.2, -0.15) is 0 Å². The third-order valence-electron chi connectivity index (χ3n) is 5.14. The van der Waals surface area contributed by atoms with Crippen LogP contribution < -0.4 is 20.1 Å². The van der Waals surface area contributed by atoms with Gasteiger partial charge in [-0.3, -0.25) is 19.3 Å². The molecule has 0 bridgehead atoms. The lowest BCUT2D eigenvalue weighted by molar-refractivity contribution is -0.144. The van der Waals surface area contributed by atoms with Crippen molar-refractivity contribution < 1.29 is 23.9 Å². The highest BCUT2D eigenvalue weighted by molar-refractivity contribution is 6.39. The number of anilines is 2. The van der Waals surface area contributed by atoms with Crippen LogP contribution in [-0.2, 0) is 20.9 Å². The molecule has 0 spiro atoms. The number of hydrogen-bond acceptors (Lipinski definition) is 6. The van der Waals surface area contributed by atoms with E-state index in [4.69, 9.17) is 9.47 Å². The molecule has 1 saturated heterocycles. The zero-order valence-corrected chi connectivity index (χ0v) is 17.2. The standard InChI is InChI=1S/C22H24N4O5/c1-15(27)23-17-3-2-4-18(12-17)24-21(28)22(29)26-9-7-25(8-10-26)13-16-5-6-19-20(11-16)31-14-30-19/h2-6,11-12H,7-10,13-14H2,1H3,(H,23,27)(H,24,28). The van der Waals surface area contributed by atoms with Gasteiger partial charge < -0.3 is 25.0 Å². The first kappa shape index (κ1) is 20.7. The normalized spacial score (nSPS) is 15.5. The van der Waals surface area contributed by atoms with Crippen molar-refractivity contribution in [2.45, 2.75) is 13.5 Å². The Kier molecular flexibility index (Phi) is 6.03. The van der Waals surface area contributed by atoms with Crippen LogP contribution in [0.2, 0.25) is 0 Å². The molecule has 2 aliphatic heterocycles. The molecule has 162 valence electrons. The summed E-state index contributed by atoms with van der Waals surface area (Å²) in [6.45, 7) is 4.68. The number of rotatable bonds is 4. The molecule has 4 rings (SSSR count). The van der Waals surface area contributed by atoms with Gasteiger partial charge in [-0.15, -0.1) is 0 Å². The number of nitrogens with one attached hydrogen (secondary N) is 2. The van der Waals surface area contributed by atoms with E-state index >= 15 is 0 Å². The highest BCUT2D eigenvalue weighted by atomic mass is 16.7. The van der Waals surface area contributed by atoms with Crippen molar-refractivity contribution >= 4 is 29.1 Å². The van der Waals surface area contributed by atoms with Crippen molar-refractivity contribution in [3.63, 3.8) is 0 Å². The monoisotopic (exact) mass is 424 g/mol. The highest BCUT2D eigenvalue weighted by Gasteiger charge is 2.26. The van der Waals surface area contributed by atoms with E-state index in [0.29, 0.717) is 37.6 Å². The molecule has 31 heavy (non-hydrogen) atoms. The maximum atomic E-state index is 12.6. The fraction of sp³-hybridized carbons (Fsp3) is 0.318. The van der Waals surface area contributed by atoms with Crippen LogP contribution in [0.25, 0.3) is 0 Å². The van der Waals surface area contributed by atoms with Crippen molar-refractivity contribution in [1.82, 2.24) is 9.80 Å². The minimum atomic E-state index is -0.691. The number of carbonyl (C=O) groups is 3. The van der Waals surface area contributed by atoms with Gasteiger partial charge in [0.2, 0.25) is 12.7 Å². The molecular weight excluding hydrogens is 400 g/mol. The Morgan fingerprint density at radius 1 is 0.903 bits per heavy atom. The second kappa shape index (κ2) is 9.05. The predicted octanol–water partition coefficient (Wildman–Crippen LogP) is 1.66. The molecule has 0 radical (unpaired) electrons. The lowest BCUT2D eigenvalue weighted by atomic mass is 10.1. The summed E-state index contributed by atoms with van der Waals surface area (Å²) < 4.78 is 10.8. The molecule has 0 aliphatic carbocycles.